The van der Waals surface area contributed by atoms with Crippen molar-refractivity contribution in [2.75, 3.05) is 0 Å². The molecule has 0 atom stereocenters. The van der Waals surface area contributed by atoms with Crippen molar-refractivity contribution in [1.29, 1.82) is 0 Å². The molecule has 2 heterocycles. The summed E-state index contributed by atoms with van der Waals surface area (Å²) >= 11 is 4.13. The minimum atomic E-state index is 0.585. The number of rotatable bonds is 1. The van der Waals surface area contributed by atoms with Crippen molar-refractivity contribution in [3.63, 3.8) is 0 Å². The zero-order chi connectivity index (χ0) is 8.55. The monoisotopic (exact) mass is 178 g/mol. The smallest absolute Gasteiger partial charge is 0.151 e. The lowest BCUT2D eigenvalue weighted by Crippen LogP contribution is -1.85. The summed E-state index contributed by atoms with van der Waals surface area (Å²) < 4.78 is 1.61. The number of pyridine rings is 1. The van der Waals surface area contributed by atoms with Gasteiger partial charge in [-0.1, -0.05) is 12.8 Å². The van der Waals surface area contributed by atoms with Crippen molar-refractivity contribution in [1.82, 2.24) is 8.96 Å². The van der Waals surface area contributed by atoms with Gasteiger partial charge < -0.3 is 0 Å². The van der Waals surface area contributed by atoms with Crippen LogP contribution in [0, 0.1) is 0 Å². The van der Waals surface area contributed by atoms with Crippen LogP contribution in [0.1, 0.15) is 10.4 Å². The predicted octanol–water partition coefficient (Wildman–Crippen LogP) is 1.54. The maximum Gasteiger partial charge on any atom is 0.151 e. The molecular weight excluding hydrogens is 172 g/mol. The largest absolute Gasteiger partial charge is 0.298 e. The first-order chi connectivity index (χ1) is 5.81. The van der Waals surface area contributed by atoms with E-state index in [9.17, 15) is 4.79 Å². The third kappa shape index (κ3) is 1.00. The Hall–Kier alpha value is -1.29. The standard InChI is InChI=1S/C8H6N2OS/c11-5-6-3-7-1-2-10(12)8(7)9-4-6/h1-5,12H. The first kappa shape index (κ1) is 7.36. The fraction of sp³-hybridized carbons (Fsp3) is 0. The van der Waals surface area contributed by atoms with Crippen molar-refractivity contribution < 1.29 is 4.79 Å². The van der Waals surface area contributed by atoms with Gasteiger partial charge in [-0.2, -0.15) is 0 Å². The Balaban J connectivity index is 2.77. The highest BCUT2D eigenvalue weighted by Crippen LogP contribution is 2.14. The molecule has 0 saturated carbocycles. The zero-order valence-corrected chi connectivity index (χ0v) is 7.03. The van der Waals surface area contributed by atoms with Crippen LogP contribution < -0.4 is 0 Å². The number of fused-ring (bicyclic) bond motifs is 1. The average molecular weight is 178 g/mol. The average Bonchev–Trinajstić information content (AvgIpc) is 2.47. The summed E-state index contributed by atoms with van der Waals surface area (Å²) in [5, 5.41) is 0.926. The van der Waals surface area contributed by atoms with Gasteiger partial charge in [0.15, 0.2) is 6.29 Å². The second-order valence-corrected chi connectivity index (χ2v) is 2.89. The molecule has 0 aliphatic carbocycles. The molecule has 0 fully saturated rings. The fourth-order valence-corrected chi connectivity index (χ4v) is 1.33. The van der Waals surface area contributed by atoms with Crippen molar-refractivity contribution >= 4 is 30.1 Å². The van der Waals surface area contributed by atoms with Crippen LogP contribution in [-0.4, -0.2) is 15.2 Å². The molecule has 4 heteroatoms. The maximum absolute atomic E-state index is 10.4. The van der Waals surface area contributed by atoms with Gasteiger partial charge in [-0.05, 0) is 12.1 Å². The van der Waals surface area contributed by atoms with E-state index in [1.54, 1.807) is 16.2 Å². The Morgan fingerprint density at radius 1 is 1.58 bits per heavy atom. The Bertz CT molecular complexity index is 436. The second-order valence-electron chi connectivity index (χ2n) is 2.46. The molecule has 3 nitrogen and oxygen atoms in total. The quantitative estimate of drug-likeness (QED) is 0.531. The van der Waals surface area contributed by atoms with E-state index in [-0.39, 0.29) is 0 Å². The number of thiol groups is 1. The Morgan fingerprint density at radius 3 is 3.17 bits per heavy atom. The summed E-state index contributed by atoms with van der Waals surface area (Å²) in [6.07, 6.45) is 4.10. The number of nitrogens with zero attached hydrogens (tertiary/aromatic N) is 2. The minimum absolute atomic E-state index is 0.585. The maximum atomic E-state index is 10.4. The summed E-state index contributed by atoms with van der Waals surface area (Å²) in [4.78, 5) is 14.5. The Morgan fingerprint density at radius 2 is 2.42 bits per heavy atom. The molecule has 0 amide bonds. The van der Waals surface area contributed by atoms with Gasteiger partial charge in [0.25, 0.3) is 0 Å². The number of aldehydes is 1. The minimum Gasteiger partial charge on any atom is -0.298 e. The van der Waals surface area contributed by atoms with E-state index in [4.69, 9.17) is 0 Å². The van der Waals surface area contributed by atoms with Gasteiger partial charge in [-0.15, -0.1) is 0 Å². The molecule has 2 aromatic rings. The third-order valence-electron chi connectivity index (χ3n) is 1.66. The third-order valence-corrected chi connectivity index (χ3v) is 1.99. The molecule has 0 N–H and O–H groups in total. The van der Waals surface area contributed by atoms with Gasteiger partial charge in [0, 0.05) is 23.3 Å². The molecule has 0 saturated heterocycles. The molecule has 0 bridgehead atoms. The molecule has 12 heavy (non-hydrogen) atoms. The molecule has 2 aromatic heterocycles. The first-order valence-electron chi connectivity index (χ1n) is 3.43. The van der Waals surface area contributed by atoms with E-state index in [0.717, 1.165) is 17.3 Å². The molecule has 0 spiro atoms. The lowest BCUT2D eigenvalue weighted by atomic mass is 10.2. The number of hydrogen-bond donors (Lipinski definition) is 1. The van der Waals surface area contributed by atoms with Gasteiger partial charge in [-0.3, -0.25) is 8.77 Å². The van der Waals surface area contributed by atoms with E-state index < -0.39 is 0 Å². The molecule has 2 rings (SSSR count). The van der Waals surface area contributed by atoms with E-state index >= 15 is 0 Å². The van der Waals surface area contributed by atoms with Crippen LogP contribution in [0.5, 0.6) is 0 Å². The van der Waals surface area contributed by atoms with Crippen LogP contribution in [0.25, 0.3) is 11.0 Å². The summed E-state index contributed by atoms with van der Waals surface area (Å²) in [6, 6.07) is 3.64. The molecule has 0 radical (unpaired) electrons. The van der Waals surface area contributed by atoms with E-state index in [0.29, 0.717) is 5.56 Å². The van der Waals surface area contributed by atoms with E-state index in [1.165, 1.54) is 6.20 Å². The Labute approximate surface area is 74.6 Å². The van der Waals surface area contributed by atoms with E-state index in [1.807, 2.05) is 6.07 Å². The lowest BCUT2D eigenvalue weighted by Gasteiger charge is -1.93. The number of carbonyl (C=O) groups is 1. The van der Waals surface area contributed by atoms with Crippen LogP contribution >= 0.6 is 12.8 Å². The first-order valence-corrected chi connectivity index (χ1v) is 3.83. The van der Waals surface area contributed by atoms with Crippen LogP contribution in [0.2, 0.25) is 0 Å². The van der Waals surface area contributed by atoms with Crippen molar-refractivity contribution in [3.8, 4) is 0 Å². The summed E-state index contributed by atoms with van der Waals surface area (Å²) in [7, 11) is 0. The van der Waals surface area contributed by atoms with Gasteiger partial charge >= 0.3 is 0 Å². The van der Waals surface area contributed by atoms with Gasteiger partial charge in [0.05, 0.1) is 0 Å². The van der Waals surface area contributed by atoms with Gasteiger partial charge in [0.2, 0.25) is 0 Å². The molecular formula is C8H6N2OS. The molecule has 0 aliphatic rings. The van der Waals surface area contributed by atoms with Crippen molar-refractivity contribution in [3.05, 3.63) is 30.1 Å². The SMILES string of the molecule is O=Cc1cnc2c(ccn2S)c1. The van der Waals surface area contributed by atoms with E-state index in [2.05, 4.69) is 17.8 Å². The lowest BCUT2D eigenvalue weighted by molar-refractivity contribution is 0.112. The number of hydrogen-bond acceptors (Lipinski definition) is 3. The van der Waals surface area contributed by atoms with Crippen molar-refractivity contribution in [2.45, 2.75) is 0 Å². The predicted molar refractivity (Wildman–Crippen MR) is 49.5 cm³/mol. The molecule has 60 valence electrons. The molecule has 0 unspecified atom stereocenters. The summed E-state index contributed by atoms with van der Waals surface area (Å²) in [5.41, 5.74) is 1.35. The molecule has 0 aromatic carbocycles. The van der Waals surface area contributed by atoms with Crippen LogP contribution in [0.3, 0.4) is 0 Å². The normalized spacial score (nSPS) is 10.4. The number of carbonyl (C=O) groups excluding carboxylic acids is 1. The summed E-state index contributed by atoms with van der Waals surface area (Å²) in [6.45, 7) is 0. The highest BCUT2D eigenvalue weighted by molar-refractivity contribution is 7.78. The van der Waals surface area contributed by atoms with Crippen LogP contribution in [0.15, 0.2) is 24.5 Å². The Kier molecular flexibility index (Phi) is 1.62. The van der Waals surface area contributed by atoms with Crippen LogP contribution in [-0.2, 0) is 0 Å². The zero-order valence-electron chi connectivity index (χ0n) is 6.14. The van der Waals surface area contributed by atoms with Gasteiger partial charge in [0.1, 0.15) is 5.65 Å². The highest BCUT2D eigenvalue weighted by Gasteiger charge is 1.99. The highest BCUT2D eigenvalue weighted by atomic mass is 32.1. The number of aromatic nitrogens is 2. The molecule has 0 aliphatic heterocycles. The van der Waals surface area contributed by atoms with Gasteiger partial charge in [-0.25, -0.2) is 4.98 Å². The van der Waals surface area contributed by atoms with Crippen molar-refractivity contribution in [2.24, 2.45) is 0 Å². The topological polar surface area (TPSA) is 34.9 Å². The fourth-order valence-electron chi connectivity index (χ4n) is 1.09. The summed E-state index contributed by atoms with van der Waals surface area (Å²) in [5.74, 6) is 0. The van der Waals surface area contributed by atoms with Crippen LogP contribution in [0.4, 0.5) is 0 Å². The second kappa shape index (κ2) is 2.64.